The number of hydrogen-bond acceptors (Lipinski definition) is 3. The maximum absolute atomic E-state index is 12.0. The third kappa shape index (κ3) is 2.43. The fourth-order valence-electron chi connectivity index (χ4n) is 2.42. The molecule has 2 rings (SSSR count). The zero-order chi connectivity index (χ0) is 13.2. The number of likely N-dealkylation sites (tertiary alicyclic amines) is 1. The molecule has 102 valence electrons. The minimum atomic E-state index is -1.02. The normalized spacial score (nSPS) is 32.3. The van der Waals surface area contributed by atoms with Crippen LogP contribution in [0.4, 0.5) is 4.79 Å². The lowest BCUT2D eigenvalue weighted by Crippen LogP contribution is -2.54. The van der Waals surface area contributed by atoms with Gasteiger partial charge in [0.15, 0.2) is 0 Å². The summed E-state index contributed by atoms with van der Waals surface area (Å²) >= 11 is 0. The average molecular weight is 256 g/mol. The van der Waals surface area contributed by atoms with Crippen molar-refractivity contribution in [2.24, 2.45) is 5.41 Å². The summed E-state index contributed by atoms with van der Waals surface area (Å²) in [6, 6.07) is -0.623. The summed E-state index contributed by atoms with van der Waals surface area (Å²) in [6.07, 6.45) is 3.19. The Hall–Kier alpha value is -1.30. The van der Waals surface area contributed by atoms with Gasteiger partial charge in [0.2, 0.25) is 0 Å². The highest BCUT2D eigenvalue weighted by atomic mass is 16.5. The Balaban J connectivity index is 1.95. The van der Waals surface area contributed by atoms with Crippen LogP contribution in [0.3, 0.4) is 0 Å². The molecule has 2 N–H and O–H groups in total. The summed E-state index contributed by atoms with van der Waals surface area (Å²) in [5.41, 5.74) is -1.02. The van der Waals surface area contributed by atoms with Gasteiger partial charge in [-0.1, -0.05) is 0 Å². The molecule has 0 aromatic carbocycles. The maximum atomic E-state index is 12.0. The third-order valence-electron chi connectivity index (χ3n) is 3.89. The summed E-state index contributed by atoms with van der Waals surface area (Å²) in [4.78, 5) is 25.0. The summed E-state index contributed by atoms with van der Waals surface area (Å²) in [5, 5.41) is 12.0. The van der Waals surface area contributed by atoms with Gasteiger partial charge in [0.25, 0.3) is 0 Å². The van der Waals surface area contributed by atoms with Crippen molar-refractivity contribution in [3.8, 4) is 0 Å². The highest BCUT2D eigenvalue weighted by Gasteiger charge is 2.47. The van der Waals surface area contributed by atoms with Gasteiger partial charge in [0, 0.05) is 13.1 Å². The minimum absolute atomic E-state index is 0.146. The first-order valence-electron chi connectivity index (χ1n) is 6.40. The Morgan fingerprint density at radius 2 is 2.00 bits per heavy atom. The number of amides is 2. The quantitative estimate of drug-likeness (QED) is 0.761. The first-order chi connectivity index (χ1) is 8.54. The molecule has 2 aliphatic rings. The second-order valence-corrected chi connectivity index (χ2v) is 5.29. The van der Waals surface area contributed by atoms with Crippen LogP contribution in [0.15, 0.2) is 0 Å². The van der Waals surface area contributed by atoms with Crippen molar-refractivity contribution in [3.63, 3.8) is 0 Å². The van der Waals surface area contributed by atoms with Crippen LogP contribution in [0.25, 0.3) is 0 Å². The van der Waals surface area contributed by atoms with Crippen LogP contribution in [0, 0.1) is 5.41 Å². The average Bonchev–Trinajstić information content (AvgIpc) is 2.73. The summed E-state index contributed by atoms with van der Waals surface area (Å²) in [5.74, 6) is -0.927. The maximum Gasteiger partial charge on any atom is 0.317 e. The SMILES string of the molecule is CC1(C(=O)O)COCC1NC(=O)N1CCCCC1. The summed E-state index contributed by atoms with van der Waals surface area (Å²) in [7, 11) is 0. The fourth-order valence-corrected chi connectivity index (χ4v) is 2.42. The molecule has 0 aromatic rings. The van der Waals surface area contributed by atoms with E-state index in [1.165, 1.54) is 0 Å². The van der Waals surface area contributed by atoms with E-state index >= 15 is 0 Å². The smallest absolute Gasteiger partial charge is 0.317 e. The van der Waals surface area contributed by atoms with Gasteiger partial charge >= 0.3 is 12.0 Å². The molecule has 0 spiro atoms. The van der Waals surface area contributed by atoms with Crippen molar-refractivity contribution in [3.05, 3.63) is 0 Å². The van der Waals surface area contributed by atoms with Crippen molar-refractivity contribution >= 4 is 12.0 Å². The fraction of sp³-hybridized carbons (Fsp3) is 0.833. The van der Waals surface area contributed by atoms with E-state index in [4.69, 9.17) is 4.74 Å². The van der Waals surface area contributed by atoms with Crippen molar-refractivity contribution in [1.29, 1.82) is 0 Å². The van der Waals surface area contributed by atoms with Crippen LogP contribution in [0.5, 0.6) is 0 Å². The molecular formula is C12H20N2O4. The molecule has 6 heteroatoms. The number of carbonyl (C=O) groups is 2. The van der Waals surface area contributed by atoms with Crippen LogP contribution >= 0.6 is 0 Å². The topological polar surface area (TPSA) is 78.9 Å². The number of rotatable bonds is 2. The molecule has 0 aliphatic carbocycles. The zero-order valence-electron chi connectivity index (χ0n) is 10.6. The lowest BCUT2D eigenvalue weighted by atomic mass is 9.85. The molecule has 0 saturated carbocycles. The third-order valence-corrected chi connectivity index (χ3v) is 3.89. The second kappa shape index (κ2) is 5.14. The monoisotopic (exact) mass is 256 g/mol. The van der Waals surface area contributed by atoms with Crippen molar-refractivity contribution < 1.29 is 19.4 Å². The van der Waals surface area contributed by atoms with E-state index in [0.29, 0.717) is 0 Å². The van der Waals surface area contributed by atoms with Gasteiger partial charge in [-0.3, -0.25) is 4.79 Å². The van der Waals surface area contributed by atoms with Crippen LogP contribution in [0.2, 0.25) is 0 Å². The van der Waals surface area contributed by atoms with Crippen molar-refractivity contribution in [1.82, 2.24) is 10.2 Å². The van der Waals surface area contributed by atoms with Gasteiger partial charge in [0.05, 0.1) is 19.3 Å². The van der Waals surface area contributed by atoms with E-state index in [9.17, 15) is 14.7 Å². The number of nitrogens with zero attached hydrogens (tertiary/aromatic N) is 1. The first kappa shape index (κ1) is 13.1. The lowest BCUT2D eigenvalue weighted by Gasteiger charge is -2.31. The van der Waals surface area contributed by atoms with Crippen molar-refractivity contribution in [2.45, 2.75) is 32.2 Å². The molecule has 0 bridgehead atoms. The number of ether oxygens (including phenoxy) is 1. The molecule has 2 saturated heterocycles. The molecule has 2 amide bonds. The second-order valence-electron chi connectivity index (χ2n) is 5.29. The van der Waals surface area contributed by atoms with E-state index in [2.05, 4.69) is 5.32 Å². The number of carboxylic acid groups (broad SMARTS) is 1. The van der Waals surface area contributed by atoms with Gasteiger partial charge in [-0.25, -0.2) is 4.79 Å². The number of carboxylic acids is 1. The molecule has 0 aromatic heterocycles. The number of urea groups is 1. The Morgan fingerprint density at radius 3 is 2.61 bits per heavy atom. The van der Waals surface area contributed by atoms with Gasteiger partial charge in [0.1, 0.15) is 5.41 Å². The predicted molar refractivity (Wildman–Crippen MR) is 64.3 cm³/mol. The number of aliphatic carboxylic acids is 1. The molecule has 2 fully saturated rings. The van der Waals surface area contributed by atoms with Crippen LogP contribution in [-0.2, 0) is 9.53 Å². The largest absolute Gasteiger partial charge is 0.481 e. The number of piperidine rings is 1. The van der Waals surface area contributed by atoms with E-state index < -0.39 is 17.4 Å². The highest BCUT2D eigenvalue weighted by molar-refractivity contribution is 5.79. The van der Waals surface area contributed by atoms with Gasteiger partial charge in [-0.15, -0.1) is 0 Å². The summed E-state index contributed by atoms with van der Waals surface area (Å²) < 4.78 is 5.21. The molecule has 18 heavy (non-hydrogen) atoms. The van der Waals surface area contributed by atoms with Gasteiger partial charge < -0.3 is 20.1 Å². The molecule has 0 radical (unpaired) electrons. The lowest BCUT2D eigenvalue weighted by molar-refractivity contribution is -0.148. The number of nitrogens with one attached hydrogen (secondary N) is 1. The van der Waals surface area contributed by atoms with Crippen molar-refractivity contribution in [2.75, 3.05) is 26.3 Å². The Bertz CT molecular complexity index is 341. The van der Waals surface area contributed by atoms with Gasteiger partial charge in [-0.05, 0) is 26.2 Å². The highest BCUT2D eigenvalue weighted by Crippen LogP contribution is 2.28. The van der Waals surface area contributed by atoms with Crippen LogP contribution < -0.4 is 5.32 Å². The van der Waals surface area contributed by atoms with Crippen LogP contribution in [0.1, 0.15) is 26.2 Å². The van der Waals surface area contributed by atoms with E-state index in [0.717, 1.165) is 32.4 Å². The molecule has 2 heterocycles. The molecule has 6 nitrogen and oxygen atoms in total. The van der Waals surface area contributed by atoms with Gasteiger partial charge in [-0.2, -0.15) is 0 Å². The molecular weight excluding hydrogens is 236 g/mol. The minimum Gasteiger partial charge on any atom is -0.481 e. The Kier molecular flexibility index (Phi) is 3.75. The Labute approximate surface area is 106 Å². The summed E-state index contributed by atoms with van der Waals surface area (Å²) in [6.45, 7) is 3.53. The van der Waals surface area contributed by atoms with Crippen LogP contribution in [-0.4, -0.2) is 54.4 Å². The van der Waals surface area contributed by atoms with E-state index in [-0.39, 0.29) is 19.2 Å². The predicted octanol–water partition coefficient (Wildman–Crippen LogP) is 0.672. The number of carbonyl (C=O) groups excluding carboxylic acids is 1. The molecule has 2 aliphatic heterocycles. The first-order valence-corrected chi connectivity index (χ1v) is 6.40. The molecule has 2 unspecified atom stereocenters. The van der Waals surface area contributed by atoms with E-state index in [1.54, 1.807) is 11.8 Å². The Morgan fingerprint density at radius 1 is 1.33 bits per heavy atom. The number of hydrogen-bond donors (Lipinski definition) is 2. The molecule has 2 atom stereocenters. The zero-order valence-corrected chi connectivity index (χ0v) is 10.6. The standard InChI is InChI=1S/C12H20N2O4/c1-12(10(15)16)8-18-7-9(12)13-11(17)14-5-3-2-4-6-14/h9H,2-8H2,1H3,(H,13,17)(H,15,16). The van der Waals surface area contributed by atoms with E-state index in [1.807, 2.05) is 0 Å².